The monoisotopic (exact) mass is 277 g/mol. The smallest absolute Gasteiger partial charge is 0.395 e. The van der Waals surface area contributed by atoms with Crippen molar-refractivity contribution in [2.24, 2.45) is 5.92 Å². The predicted molar refractivity (Wildman–Crippen MR) is 58.0 cm³/mol. The molecule has 0 bridgehead atoms. The zero-order valence-corrected chi connectivity index (χ0v) is 10.7. The van der Waals surface area contributed by atoms with Crippen molar-refractivity contribution in [1.29, 1.82) is 0 Å². The van der Waals surface area contributed by atoms with Gasteiger partial charge >= 0.3 is 6.18 Å². The molecule has 0 atom stereocenters. The normalized spacial score (nSPS) is 13.6. The maximum atomic E-state index is 12.2. The van der Waals surface area contributed by atoms with Gasteiger partial charge < -0.3 is 5.11 Å². The van der Waals surface area contributed by atoms with E-state index in [0.717, 1.165) is 0 Å². The molecule has 0 aliphatic carbocycles. The van der Waals surface area contributed by atoms with Gasteiger partial charge in [-0.05, 0) is 12.3 Å². The Morgan fingerprint density at radius 2 is 1.82 bits per heavy atom. The molecule has 0 fully saturated rings. The fraction of sp³-hybridized carbons (Fsp3) is 1.00. The third-order valence-electron chi connectivity index (χ3n) is 2.05. The lowest BCUT2D eigenvalue weighted by molar-refractivity contribution is -0.136. The van der Waals surface area contributed by atoms with Gasteiger partial charge in [-0.2, -0.15) is 17.5 Å². The summed E-state index contributed by atoms with van der Waals surface area (Å²) in [6, 6.07) is 0. The summed E-state index contributed by atoms with van der Waals surface area (Å²) < 4.78 is 60.0. The van der Waals surface area contributed by atoms with Crippen LogP contribution in [0.25, 0.3) is 0 Å². The third kappa shape index (κ3) is 7.56. The number of hydrogen-bond acceptors (Lipinski definition) is 3. The Balaban J connectivity index is 4.67. The van der Waals surface area contributed by atoms with Gasteiger partial charge in [0.2, 0.25) is 10.0 Å². The van der Waals surface area contributed by atoms with Crippen molar-refractivity contribution in [1.82, 2.24) is 4.31 Å². The van der Waals surface area contributed by atoms with E-state index in [1.54, 1.807) is 13.8 Å². The van der Waals surface area contributed by atoms with Crippen molar-refractivity contribution in [3.05, 3.63) is 0 Å². The molecule has 0 unspecified atom stereocenters. The minimum absolute atomic E-state index is 0.0895. The molecule has 0 radical (unpaired) electrons. The van der Waals surface area contributed by atoms with Crippen LogP contribution in [0.3, 0.4) is 0 Å². The van der Waals surface area contributed by atoms with Crippen LogP contribution in [0.5, 0.6) is 0 Å². The summed E-state index contributed by atoms with van der Waals surface area (Å²) >= 11 is 0. The molecule has 0 aliphatic heterocycles. The van der Waals surface area contributed by atoms with E-state index in [-0.39, 0.29) is 16.0 Å². The van der Waals surface area contributed by atoms with Crippen LogP contribution in [0.4, 0.5) is 13.2 Å². The van der Waals surface area contributed by atoms with Gasteiger partial charge in [-0.3, -0.25) is 0 Å². The fourth-order valence-corrected chi connectivity index (χ4v) is 2.87. The zero-order valence-electron chi connectivity index (χ0n) is 9.87. The predicted octanol–water partition coefficient (Wildman–Crippen LogP) is 1.22. The van der Waals surface area contributed by atoms with Gasteiger partial charge in [-0.25, -0.2) is 8.42 Å². The van der Waals surface area contributed by atoms with Crippen LogP contribution in [-0.2, 0) is 10.0 Å². The molecule has 0 rings (SSSR count). The number of aliphatic hydroxyl groups is 1. The largest absolute Gasteiger partial charge is 0.402 e. The highest BCUT2D eigenvalue weighted by Gasteiger charge is 2.35. The highest BCUT2D eigenvalue weighted by Crippen LogP contribution is 2.19. The van der Waals surface area contributed by atoms with Gasteiger partial charge in [0.25, 0.3) is 0 Å². The summed E-state index contributed by atoms with van der Waals surface area (Å²) in [6.45, 7) is 0.871. The van der Waals surface area contributed by atoms with Gasteiger partial charge in [-0.15, -0.1) is 0 Å². The van der Waals surface area contributed by atoms with Gasteiger partial charge in [0, 0.05) is 6.54 Å². The molecule has 17 heavy (non-hydrogen) atoms. The Kier molecular flexibility index (Phi) is 6.42. The van der Waals surface area contributed by atoms with Crippen molar-refractivity contribution in [2.75, 3.05) is 25.4 Å². The lowest BCUT2D eigenvalue weighted by atomic mass is 10.2. The molecule has 1 N–H and O–H groups in total. The molecule has 0 aromatic carbocycles. The van der Waals surface area contributed by atoms with Crippen LogP contribution in [0.1, 0.15) is 20.3 Å². The number of aliphatic hydroxyl groups excluding tert-OH is 1. The lowest BCUT2D eigenvalue weighted by Gasteiger charge is -2.22. The fourth-order valence-electron chi connectivity index (χ4n) is 1.14. The number of sulfonamides is 1. The summed E-state index contributed by atoms with van der Waals surface area (Å²) in [5, 5.41) is 8.60. The van der Waals surface area contributed by atoms with E-state index >= 15 is 0 Å². The Morgan fingerprint density at radius 3 is 2.18 bits per heavy atom. The molecule has 0 spiro atoms. The topological polar surface area (TPSA) is 57.6 Å². The van der Waals surface area contributed by atoms with Crippen LogP contribution >= 0.6 is 0 Å². The van der Waals surface area contributed by atoms with E-state index in [9.17, 15) is 21.6 Å². The molecule has 0 saturated heterocycles. The maximum absolute atomic E-state index is 12.2. The highest BCUT2D eigenvalue weighted by molar-refractivity contribution is 7.89. The maximum Gasteiger partial charge on any atom is 0.402 e. The van der Waals surface area contributed by atoms with Crippen LogP contribution in [0.15, 0.2) is 0 Å². The van der Waals surface area contributed by atoms with Crippen LogP contribution in [0, 0.1) is 5.92 Å². The van der Waals surface area contributed by atoms with Crippen LogP contribution in [0.2, 0.25) is 0 Å². The van der Waals surface area contributed by atoms with Crippen molar-refractivity contribution in [2.45, 2.75) is 26.4 Å². The van der Waals surface area contributed by atoms with E-state index in [1.165, 1.54) is 0 Å². The zero-order chi connectivity index (χ0) is 13.7. The first-order valence-corrected chi connectivity index (χ1v) is 6.85. The van der Waals surface area contributed by atoms with Crippen molar-refractivity contribution in [3.63, 3.8) is 0 Å². The number of hydrogen-bond donors (Lipinski definition) is 1. The number of alkyl halides is 3. The first-order valence-electron chi connectivity index (χ1n) is 5.24. The Labute approximate surface area is 99.5 Å². The highest BCUT2D eigenvalue weighted by atomic mass is 32.2. The average molecular weight is 277 g/mol. The number of nitrogens with zero attached hydrogens (tertiary/aromatic N) is 1. The summed E-state index contributed by atoms with van der Waals surface area (Å²) in [5.74, 6) is -0.243. The Hall–Kier alpha value is -0.340. The average Bonchev–Trinajstić information content (AvgIpc) is 2.12. The Bertz CT molecular complexity index is 314. The second-order valence-electron chi connectivity index (χ2n) is 4.17. The second-order valence-corrected chi connectivity index (χ2v) is 6.26. The van der Waals surface area contributed by atoms with Gasteiger partial charge in [0.15, 0.2) is 0 Å². The molecule has 4 nitrogen and oxygen atoms in total. The second kappa shape index (κ2) is 6.55. The molecule has 104 valence electrons. The molecular formula is C9H18F3NO3S. The van der Waals surface area contributed by atoms with E-state index in [2.05, 4.69) is 0 Å². The minimum Gasteiger partial charge on any atom is -0.395 e. The SMILES string of the molecule is CC(C)CCS(=O)(=O)N(CCO)CC(F)(F)F. The lowest BCUT2D eigenvalue weighted by Crippen LogP contribution is -2.41. The molecule has 0 aromatic heterocycles. The first-order chi connectivity index (χ1) is 7.58. The Morgan fingerprint density at radius 1 is 1.29 bits per heavy atom. The van der Waals surface area contributed by atoms with E-state index in [0.29, 0.717) is 6.42 Å². The van der Waals surface area contributed by atoms with E-state index in [4.69, 9.17) is 5.11 Å². The molecule has 0 heterocycles. The quantitative estimate of drug-likeness (QED) is 0.761. The molecular weight excluding hydrogens is 259 g/mol. The molecule has 0 aliphatic rings. The van der Waals surface area contributed by atoms with Gasteiger partial charge in [0.05, 0.1) is 12.4 Å². The summed E-state index contributed by atoms with van der Waals surface area (Å²) in [7, 11) is -3.96. The van der Waals surface area contributed by atoms with Crippen molar-refractivity contribution >= 4 is 10.0 Å². The molecule has 8 heteroatoms. The van der Waals surface area contributed by atoms with E-state index < -0.39 is 35.9 Å². The van der Waals surface area contributed by atoms with Crippen molar-refractivity contribution < 1.29 is 26.7 Å². The first kappa shape index (κ1) is 16.7. The molecule has 0 aromatic rings. The number of halogens is 3. The summed E-state index contributed by atoms with van der Waals surface area (Å²) in [4.78, 5) is 0. The van der Waals surface area contributed by atoms with E-state index in [1.807, 2.05) is 0 Å². The summed E-state index contributed by atoms with van der Waals surface area (Å²) in [5.41, 5.74) is 0. The van der Waals surface area contributed by atoms with Crippen LogP contribution in [-0.4, -0.2) is 49.5 Å². The van der Waals surface area contributed by atoms with Gasteiger partial charge in [-0.1, -0.05) is 13.8 Å². The molecule has 0 amide bonds. The van der Waals surface area contributed by atoms with Gasteiger partial charge in [0.1, 0.15) is 6.54 Å². The standard InChI is InChI=1S/C9H18F3NO3S/c1-8(2)3-6-17(15,16)13(4-5-14)7-9(10,11)12/h8,14H,3-7H2,1-2H3. The molecule has 0 saturated carbocycles. The van der Waals surface area contributed by atoms with Crippen molar-refractivity contribution in [3.8, 4) is 0 Å². The van der Waals surface area contributed by atoms with Crippen LogP contribution < -0.4 is 0 Å². The third-order valence-corrected chi connectivity index (χ3v) is 3.90. The minimum atomic E-state index is -4.60. The number of rotatable bonds is 7. The summed E-state index contributed by atoms with van der Waals surface area (Å²) in [6.07, 6.45) is -4.30.